The molecule has 5 rings (SSSR count). The number of hydrogen-bond donors (Lipinski definition) is 1. The van der Waals surface area contributed by atoms with Crippen molar-refractivity contribution in [1.29, 1.82) is 0 Å². The highest BCUT2D eigenvalue weighted by Gasteiger charge is 2.47. The van der Waals surface area contributed by atoms with Crippen molar-refractivity contribution in [2.24, 2.45) is 0 Å². The van der Waals surface area contributed by atoms with Crippen molar-refractivity contribution in [2.75, 3.05) is 31.1 Å². The van der Waals surface area contributed by atoms with E-state index in [2.05, 4.69) is 10.2 Å². The lowest BCUT2D eigenvalue weighted by Gasteiger charge is -2.43. The molecule has 2 N–H and O–H groups in total. The fraction of sp³-hybridized carbons (Fsp3) is 0.593. The minimum atomic E-state index is -0.571. The van der Waals surface area contributed by atoms with Gasteiger partial charge in [0.15, 0.2) is 0 Å². The second-order valence-corrected chi connectivity index (χ2v) is 10.6. The summed E-state index contributed by atoms with van der Waals surface area (Å²) in [6, 6.07) is 3.67. The Kier molecular flexibility index (Phi) is 9.04. The lowest BCUT2D eigenvalue weighted by molar-refractivity contribution is -0.655. The number of benzene rings is 1. The zero-order valence-corrected chi connectivity index (χ0v) is 22.4. The first kappa shape index (κ1) is 28.0. The molecule has 0 unspecified atom stereocenters. The molecule has 1 aromatic rings. The van der Waals surface area contributed by atoms with Gasteiger partial charge in [0.05, 0.1) is 31.1 Å². The SMILES string of the molecule is O=C1C(=Cc2cc([N+](=O)[O-])ccc2N2CC[NH2+]CC2)C(=O)N(C2CCCCC2)C(=O)N1C1CCCCC1.[Cl-]. The molecule has 0 aromatic heterocycles. The van der Waals surface area contributed by atoms with Crippen LogP contribution >= 0.6 is 0 Å². The Hall–Kier alpha value is -2.98. The van der Waals surface area contributed by atoms with Crippen molar-refractivity contribution < 1.29 is 37.0 Å². The van der Waals surface area contributed by atoms with E-state index in [1.54, 1.807) is 6.07 Å². The van der Waals surface area contributed by atoms with Gasteiger partial charge in [-0.2, -0.15) is 0 Å². The van der Waals surface area contributed by atoms with Gasteiger partial charge in [-0.05, 0) is 37.8 Å². The van der Waals surface area contributed by atoms with Crippen molar-refractivity contribution in [1.82, 2.24) is 9.80 Å². The molecule has 2 aliphatic carbocycles. The fourth-order valence-electron chi connectivity index (χ4n) is 6.29. The molecule has 4 aliphatic rings. The molecule has 38 heavy (non-hydrogen) atoms. The van der Waals surface area contributed by atoms with E-state index < -0.39 is 22.8 Å². The van der Waals surface area contributed by atoms with Crippen molar-refractivity contribution in [2.45, 2.75) is 76.3 Å². The quantitative estimate of drug-likeness (QED) is 0.237. The largest absolute Gasteiger partial charge is 1.00 e. The maximum absolute atomic E-state index is 13.8. The average Bonchev–Trinajstić information content (AvgIpc) is 2.92. The van der Waals surface area contributed by atoms with Crippen LogP contribution in [0.3, 0.4) is 0 Å². The van der Waals surface area contributed by atoms with Crippen LogP contribution in [-0.2, 0) is 9.59 Å². The van der Waals surface area contributed by atoms with Gasteiger partial charge in [-0.1, -0.05) is 38.5 Å². The van der Waals surface area contributed by atoms with Crippen molar-refractivity contribution in [3.63, 3.8) is 0 Å². The minimum absolute atomic E-state index is 0. The van der Waals surface area contributed by atoms with Gasteiger partial charge in [-0.15, -0.1) is 0 Å². The molecular weight excluding hydrogens is 510 g/mol. The van der Waals surface area contributed by atoms with Crippen LogP contribution in [-0.4, -0.2) is 70.8 Å². The summed E-state index contributed by atoms with van der Waals surface area (Å²) < 4.78 is 0. The summed E-state index contributed by atoms with van der Waals surface area (Å²) in [6.45, 7) is 3.31. The predicted molar refractivity (Wildman–Crippen MR) is 138 cm³/mol. The van der Waals surface area contributed by atoms with Gasteiger partial charge in [-0.25, -0.2) is 4.79 Å². The Balaban J connectivity index is 0.00000336. The van der Waals surface area contributed by atoms with Gasteiger partial charge in [-0.3, -0.25) is 29.5 Å². The number of imide groups is 2. The van der Waals surface area contributed by atoms with Crippen molar-refractivity contribution in [3.8, 4) is 0 Å². The summed E-state index contributed by atoms with van der Waals surface area (Å²) in [5.41, 5.74) is 1.06. The Labute approximate surface area is 229 Å². The van der Waals surface area contributed by atoms with Crippen LogP contribution in [0.25, 0.3) is 6.08 Å². The Morgan fingerprint density at radius 2 is 1.37 bits per heavy atom. The number of anilines is 1. The fourth-order valence-corrected chi connectivity index (χ4v) is 6.29. The molecule has 0 spiro atoms. The number of barbiturate groups is 1. The zero-order chi connectivity index (χ0) is 25.9. The van der Waals surface area contributed by atoms with E-state index in [4.69, 9.17) is 0 Å². The summed E-state index contributed by atoms with van der Waals surface area (Å²) in [4.78, 5) is 57.2. The molecular formula is C27H36ClN5O5. The third-order valence-corrected chi connectivity index (χ3v) is 8.26. The highest BCUT2D eigenvalue weighted by Crippen LogP contribution is 2.35. The standard InChI is InChI=1S/C27H35N5O5.ClH/c33-25-23(18-19-17-22(32(36)37)11-12-24(19)29-15-13-28-14-16-29)26(34)31(21-9-5-2-6-10-21)27(35)30(25)20-7-3-1-4-8-20;/h11-12,17-18,20-21,28H,1-10,13-16H2;1H. The van der Waals surface area contributed by atoms with Crippen LogP contribution in [0, 0.1) is 10.1 Å². The Bertz CT molecular complexity index is 1070. The number of amides is 4. The lowest BCUT2D eigenvalue weighted by Crippen LogP contribution is -3.00. The van der Waals surface area contributed by atoms with Gasteiger partial charge >= 0.3 is 6.03 Å². The molecule has 4 fully saturated rings. The second kappa shape index (κ2) is 12.3. The first-order valence-electron chi connectivity index (χ1n) is 13.7. The molecule has 206 valence electrons. The number of nitro groups is 1. The monoisotopic (exact) mass is 545 g/mol. The van der Waals surface area contributed by atoms with Gasteiger partial charge in [0.1, 0.15) is 5.57 Å². The van der Waals surface area contributed by atoms with E-state index in [0.29, 0.717) is 5.56 Å². The molecule has 2 saturated heterocycles. The lowest BCUT2D eigenvalue weighted by atomic mass is 9.90. The molecule has 1 aromatic carbocycles. The molecule has 2 heterocycles. The van der Waals surface area contributed by atoms with Crippen molar-refractivity contribution in [3.05, 3.63) is 39.4 Å². The number of hydrogen-bond acceptors (Lipinski definition) is 6. The van der Waals surface area contributed by atoms with Crippen LogP contribution in [0.1, 0.15) is 69.8 Å². The van der Waals surface area contributed by atoms with Gasteiger partial charge in [0.2, 0.25) is 0 Å². The Morgan fingerprint density at radius 3 is 1.87 bits per heavy atom. The molecule has 11 heteroatoms. The number of carbonyl (C=O) groups excluding carboxylic acids is 3. The average molecular weight is 546 g/mol. The van der Waals surface area contributed by atoms with E-state index in [1.165, 1.54) is 28.0 Å². The summed E-state index contributed by atoms with van der Waals surface area (Å²) >= 11 is 0. The van der Waals surface area contributed by atoms with Gasteiger partial charge in [0, 0.05) is 35.5 Å². The smallest absolute Gasteiger partial charge is 0.334 e. The molecule has 2 saturated carbocycles. The molecule has 2 aliphatic heterocycles. The highest BCUT2D eigenvalue weighted by molar-refractivity contribution is 6.31. The van der Waals surface area contributed by atoms with E-state index in [9.17, 15) is 24.5 Å². The third kappa shape index (κ3) is 5.56. The summed E-state index contributed by atoms with van der Waals surface area (Å²) in [5.74, 6) is -1.14. The van der Waals surface area contributed by atoms with Crippen LogP contribution in [0.4, 0.5) is 16.2 Å². The molecule has 0 atom stereocenters. The number of nitrogens with zero attached hydrogens (tertiary/aromatic N) is 4. The molecule has 10 nitrogen and oxygen atoms in total. The number of piperazine rings is 1. The number of carbonyl (C=O) groups is 3. The predicted octanol–water partition coefficient (Wildman–Crippen LogP) is -0.178. The summed E-state index contributed by atoms with van der Waals surface area (Å²) in [5, 5.41) is 13.8. The first-order valence-corrected chi connectivity index (χ1v) is 13.7. The molecule has 0 radical (unpaired) electrons. The zero-order valence-electron chi connectivity index (χ0n) is 21.6. The maximum Gasteiger partial charge on any atom is 0.334 e. The highest BCUT2D eigenvalue weighted by atomic mass is 35.5. The number of non-ortho nitro benzene ring substituents is 1. The normalized spacial score (nSPS) is 21.9. The maximum atomic E-state index is 13.8. The topological polar surface area (TPSA) is 121 Å². The Morgan fingerprint density at radius 1 is 0.842 bits per heavy atom. The van der Waals surface area contributed by atoms with E-state index >= 15 is 0 Å². The van der Waals surface area contributed by atoms with Crippen LogP contribution < -0.4 is 22.6 Å². The van der Waals surface area contributed by atoms with Gasteiger partial charge in [0.25, 0.3) is 17.5 Å². The van der Waals surface area contributed by atoms with Gasteiger partial charge < -0.3 is 22.6 Å². The second-order valence-electron chi connectivity index (χ2n) is 10.6. The summed E-state index contributed by atoms with van der Waals surface area (Å²) in [7, 11) is 0. The number of nitro benzene ring substituents is 1. The first-order chi connectivity index (χ1) is 18.0. The van der Waals surface area contributed by atoms with E-state index in [1.807, 2.05) is 0 Å². The number of nitrogens with two attached hydrogens (primary N) is 1. The molecule has 0 bridgehead atoms. The van der Waals surface area contributed by atoms with Crippen molar-refractivity contribution >= 4 is 35.3 Å². The number of halogens is 1. The molecule has 4 amide bonds. The number of rotatable bonds is 5. The van der Waals surface area contributed by atoms with Crippen LogP contribution in [0.5, 0.6) is 0 Å². The van der Waals surface area contributed by atoms with Crippen LogP contribution in [0.15, 0.2) is 23.8 Å². The number of urea groups is 1. The number of quaternary nitrogens is 1. The third-order valence-electron chi connectivity index (χ3n) is 8.26. The summed E-state index contributed by atoms with van der Waals surface area (Å²) in [6.07, 6.45) is 10.4. The van der Waals surface area contributed by atoms with E-state index in [0.717, 1.165) is 96.1 Å². The minimum Gasteiger partial charge on any atom is -1.00 e. The van der Waals surface area contributed by atoms with E-state index in [-0.39, 0.29) is 35.8 Å². The van der Waals surface area contributed by atoms with Crippen LogP contribution in [0.2, 0.25) is 0 Å².